The molecule has 1 aromatic rings. The number of hydrogen-bond acceptors (Lipinski definition) is 0. The van der Waals surface area contributed by atoms with Gasteiger partial charge in [-0.3, -0.25) is 0 Å². The molecule has 1 aliphatic heterocycles. The van der Waals surface area contributed by atoms with E-state index < -0.39 is 66.9 Å². The predicted octanol–water partition coefficient (Wildman–Crippen LogP) is 6.02. The van der Waals surface area contributed by atoms with Gasteiger partial charge in [-0.25, -0.2) is 0 Å². The van der Waals surface area contributed by atoms with Crippen LogP contribution in [0.4, 0.5) is 22.0 Å². The second kappa shape index (κ2) is 5.14. The number of hydrogen-bond donors (Lipinski definition) is 0. The van der Waals surface area contributed by atoms with E-state index in [1.54, 1.807) is 0 Å². The third-order valence-electron chi connectivity index (χ3n) is 7.88. The van der Waals surface area contributed by atoms with Crippen molar-refractivity contribution in [3.63, 3.8) is 0 Å². The molecule has 1 heterocycles. The first-order chi connectivity index (χ1) is 11.6. The van der Waals surface area contributed by atoms with Gasteiger partial charge >= 0.3 is 155 Å². The van der Waals surface area contributed by atoms with Crippen molar-refractivity contribution >= 4 is 18.4 Å². The minimum atomic E-state index is -2.42. The Morgan fingerprint density at radius 2 is 0.808 bits per heavy atom. The van der Waals surface area contributed by atoms with Gasteiger partial charge in [-0.1, -0.05) is 0 Å². The molecule has 2 unspecified atom stereocenters. The van der Waals surface area contributed by atoms with Gasteiger partial charge in [0.25, 0.3) is 0 Å². The fourth-order valence-corrected chi connectivity index (χ4v) is 14.6. The molecular formula is C20H24F5Se+. The molecule has 1 aliphatic carbocycles. The molecule has 0 spiro atoms. The summed E-state index contributed by atoms with van der Waals surface area (Å²) in [7, 11) is 0. The summed E-state index contributed by atoms with van der Waals surface area (Å²) in [4.78, 5) is 0. The predicted molar refractivity (Wildman–Crippen MR) is 94.3 cm³/mol. The molecule has 0 N–H and O–H groups in total. The van der Waals surface area contributed by atoms with Crippen molar-refractivity contribution in [1.82, 2.24) is 0 Å². The Morgan fingerprint density at radius 1 is 0.538 bits per heavy atom. The molecule has 144 valence electrons. The summed E-state index contributed by atoms with van der Waals surface area (Å²) in [6.45, 7) is 16.1. The minimum absolute atomic E-state index is 0.397. The van der Waals surface area contributed by atoms with Crippen LogP contribution in [0.25, 0.3) is 0 Å². The number of benzene rings is 1. The maximum absolute atomic E-state index is 14.7. The van der Waals surface area contributed by atoms with E-state index in [0.717, 1.165) is 11.1 Å². The van der Waals surface area contributed by atoms with E-state index in [9.17, 15) is 22.0 Å². The van der Waals surface area contributed by atoms with Gasteiger partial charge in [0.1, 0.15) is 0 Å². The SMILES string of the molecule is CC1=C(C)C(C)(C)C2(C)[Se+](c3c(F)c(F)c(F)c(F)c3F)C2(C)C1(C)C. The van der Waals surface area contributed by atoms with Crippen LogP contribution in [0.5, 0.6) is 0 Å². The van der Waals surface area contributed by atoms with Crippen LogP contribution >= 0.6 is 0 Å². The number of fused-ring (bicyclic) bond motifs is 1. The third kappa shape index (κ3) is 1.76. The molecule has 0 bridgehead atoms. The van der Waals surface area contributed by atoms with E-state index in [1.165, 1.54) is 0 Å². The molecule has 0 nitrogen and oxygen atoms in total. The molecule has 6 heteroatoms. The topological polar surface area (TPSA) is 0 Å². The molecular weight excluding hydrogens is 414 g/mol. The van der Waals surface area contributed by atoms with Crippen LogP contribution in [0.2, 0.25) is 8.63 Å². The Morgan fingerprint density at radius 3 is 1.12 bits per heavy atom. The molecule has 0 radical (unpaired) electrons. The monoisotopic (exact) mass is 439 g/mol. The van der Waals surface area contributed by atoms with Crippen molar-refractivity contribution in [3.8, 4) is 0 Å². The molecule has 3 rings (SSSR count). The zero-order valence-electron chi connectivity index (χ0n) is 16.3. The molecule has 0 amide bonds. The molecule has 1 saturated heterocycles. The molecule has 26 heavy (non-hydrogen) atoms. The Labute approximate surface area is 155 Å². The third-order valence-corrected chi connectivity index (χ3v) is 16.3. The van der Waals surface area contributed by atoms with Crippen LogP contribution in [0.15, 0.2) is 11.1 Å². The van der Waals surface area contributed by atoms with Crippen molar-refractivity contribution in [2.45, 2.75) is 64.0 Å². The van der Waals surface area contributed by atoms with Gasteiger partial charge in [0.05, 0.1) is 0 Å². The zero-order valence-corrected chi connectivity index (χ0v) is 18.0. The van der Waals surface area contributed by atoms with Gasteiger partial charge in [0.15, 0.2) is 0 Å². The number of allylic oxidation sites excluding steroid dienone is 2. The van der Waals surface area contributed by atoms with Gasteiger partial charge in [-0.2, -0.15) is 0 Å². The molecule has 0 saturated carbocycles. The summed E-state index contributed by atoms with van der Waals surface area (Å²) in [5.74, 6) is -9.06. The summed E-state index contributed by atoms with van der Waals surface area (Å²) in [5.41, 5.74) is 1.48. The van der Waals surface area contributed by atoms with Crippen LogP contribution in [0.3, 0.4) is 0 Å². The van der Waals surface area contributed by atoms with Crippen LogP contribution in [0, 0.1) is 39.9 Å². The van der Waals surface area contributed by atoms with Crippen molar-refractivity contribution in [3.05, 3.63) is 40.2 Å². The molecule has 0 aromatic heterocycles. The molecule has 2 aliphatic rings. The van der Waals surface area contributed by atoms with E-state index in [0.29, 0.717) is 0 Å². The Kier molecular flexibility index (Phi) is 3.93. The van der Waals surface area contributed by atoms with E-state index in [2.05, 4.69) is 0 Å². The Balaban J connectivity index is 2.37. The second-order valence-corrected chi connectivity index (χ2v) is 14.3. The Bertz CT molecular complexity index is 804. The summed E-state index contributed by atoms with van der Waals surface area (Å²) < 4.78 is 69.1. The van der Waals surface area contributed by atoms with E-state index >= 15 is 0 Å². The summed E-state index contributed by atoms with van der Waals surface area (Å²) in [6, 6.07) is 0. The first-order valence-corrected chi connectivity index (χ1v) is 11.1. The van der Waals surface area contributed by atoms with Crippen LogP contribution in [-0.2, 0) is 0 Å². The van der Waals surface area contributed by atoms with Gasteiger partial charge in [0, 0.05) is 0 Å². The van der Waals surface area contributed by atoms with Crippen molar-refractivity contribution in [2.24, 2.45) is 10.8 Å². The van der Waals surface area contributed by atoms with Crippen LogP contribution < -0.4 is 4.46 Å². The molecule has 1 aromatic carbocycles. The van der Waals surface area contributed by atoms with Crippen LogP contribution in [-0.4, -0.2) is 13.9 Å². The van der Waals surface area contributed by atoms with Crippen molar-refractivity contribution < 1.29 is 22.0 Å². The van der Waals surface area contributed by atoms with E-state index in [1.807, 2.05) is 55.4 Å². The quantitative estimate of drug-likeness (QED) is 0.165. The van der Waals surface area contributed by atoms with E-state index in [-0.39, 0.29) is 0 Å². The first-order valence-electron chi connectivity index (χ1n) is 8.56. The molecule has 1 fully saturated rings. The van der Waals surface area contributed by atoms with Crippen molar-refractivity contribution in [1.29, 1.82) is 0 Å². The normalized spacial score (nSPS) is 34.7. The average molecular weight is 438 g/mol. The molecule has 2 atom stereocenters. The van der Waals surface area contributed by atoms with E-state index in [4.69, 9.17) is 0 Å². The second-order valence-electron chi connectivity index (χ2n) is 8.77. The summed E-state index contributed by atoms with van der Waals surface area (Å²) >= 11 is -2.42. The number of halogens is 5. The first kappa shape index (κ1) is 19.9. The standard InChI is InChI=1S/C20H24F5Se/c1-9-10(2)18(5,6)20(8)19(7,17(9,3)4)26(20)16-14(24)12(22)11(21)13(23)15(16)25/h1-8H3/q+1. The zero-order chi connectivity index (χ0) is 20.2. The summed E-state index contributed by atoms with van der Waals surface area (Å²) in [5, 5.41) is 0. The van der Waals surface area contributed by atoms with Gasteiger partial charge < -0.3 is 0 Å². The maximum atomic E-state index is 14.7. The van der Waals surface area contributed by atoms with Crippen molar-refractivity contribution in [2.75, 3.05) is 0 Å². The van der Waals surface area contributed by atoms with Gasteiger partial charge in [-0.05, 0) is 0 Å². The number of rotatable bonds is 1. The van der Waals surface area contributed by atoms with Gasteiger partial charge in [0.2, 0.25) is 0 Å². The van der Waals surface area contributed by atoms with Gasteiger partial charge in [-0.15, -0.1) is 0 Å². The summed E-state index contributed by atoms with van der Waals surface area (Å²) in [6.07, 6.45) is 0. The fraction of sp³-hybridized carbons (Fsp3) is 0.600. The van der Waals surface area contributed by atoms with Crippen LogP contribution in [0.1, 0.15) is 55.4 Å². The fourth-order valence-electron chi connectivity index (χ4n) is 5.08. The Hall–Kier alpha value is -0.871. The average Bonchev–Trinajstić information content (AvgIpc) is 3.09.